The molecule has 1 aromatic carbocycles. The van der Waals surface area contributed by atoms with Crippen LogP contribution in [-0.4, -0.2) is 39.6 Å². The topological polar surface area (TPSA) is 74.6 Å². The van der Waals surface area contributed by atoms with Gasteiger partial charge in [-0.3, -0.25) is 0 Å². The molecule has 198 valence electrons. The van der Waals surface area contributed by atoms with E-state index in [1.807, 2.05) is 54.5 Å². The van der Waals surface area contributed by atoms with Gasteiger partial charge in [0, 0.05) is 11.5 Å². The Kier molecular flexibility index (Phi) is 7.46. The van der Waals surface area contributed by atoms with Crippen LogP contribution in [0, 0.1) is 5.82 Å². The van der Waals surface area contributed by atoms with Gasteiger partial charge in [0.2, 0.25) is 0 Å². The van der Waals surface area contributed by atoms with Crippen molar-refractivity contribution < 1.29 is 23.2 Å². The number of nitrogens with zero attached hydrogens (tertiary/aromatic N) is 2. The number of nitrogens with one attached hydrogen (secondary N) is 1. The second kappa shape index (κ2) is 9.97. The van der Waals surface area contributed by atoms with Crippen molar-refractivity contribution in [3.05, 3.63) is 23.8 Å². The second-order valence-electron chi connectivity index (χ2n) is 12.2. The van der Waals surface area contributed by atoms with E-state index < -0.39 is 35.8 Å². The van der Waals surface area contributed by atoms with Gasteiger partial charge in [0.15, 0.2) is 5.82 Å². The van der Waals surface area contributed by atoms with Gasteiger partial charge in [-0.2, -0.15) is 0 Å². The summed E-state index contributed by atoms with van der Waals surface area (Å²) in [6, 6.07) is 3.88. The van der Waals surface area contributed by atoms with Gasteiger partial charge in [-0.15, -0.1) is 0 Å². The quantitative estimate of drug-likeness (QED) is 0.538. The van der Waals surface area contributed by atoms with E-state index in [4.69, 9.17) is 19.0 Å². The number of rotatable bonds is 4. The first kappa shape index (κ1) is 26.9. The maximum atomic E-state index is 16.0. The highest BCUT2D eigenvalue weighted by Gasteiger charge is 2.52. The van der Waals surface area contributed by atoms with E-state index in [0.717, 1.165) is 31.2 Å². The summed E-state index contributed by atoms with van der Waals surface area (Å²) in [5.41, 5.74) is -0.382. The minimum atomic E-state index is -0.811. The van der Waals surface area contributed by atoms with Crippen molar-refractivity contribution in [2.24, 2.45) is 0 Å². The first-order chi connectivity index (χ1) is 16.8. The lowest BCUT2D eigenvalue weighted by Crippen LogP contribution is -2.41. The van der Waals surface area contributed by atoms with E-state index in [2.05, 4.69) is 9.88 Å². The fraction of sp³-hybridized carbons (Fsp3) is 0.704. The fourth-order valence-corrected chi connectivity index (χ4v) is 5.04. The Morgan fingerprint density at radius 3 is 2.28 bits per heavy atom. The zero-order chi connectivity index (χ0) is 26.3. The Morgan fingerprint density at radius 2 is 1.69 bits per heavy atom. The van der Waals surface area contributed by atoms with Crippen LogP contribution in [0.15, 0.2) is 12.1 Å². The number of hydrogen-bond acceptors (Lipinski definition) is 5. The standard InChI is InChI=1S/C27H41BFN3O4/c1-25(2,3)34-24(33)30-17-21-31-23-20(32(21)18-13-11-9-8-10-12-14-18)16-15-19(22(23)29)28-35-26(4,5)27(6,7)36-28/h15-16,18H,8-14,17H2,1-7H3,(H,30,33). The van der Waals surface area contributed by atoms with Gasteiger partial charge in [0.1, 0.15) is 16.9 Å². The van der Waals surface area contributed by atoms with Crippen molar-refractivity contribution in [2.75, 3.05) is 0 Å². The lowest BCUT2D eigenvalue weighted by Gasteiger charge is -2.32. The largest absolute Gasteiger partial charge is 0.497 e. The number of alkyl carbamates (subject to hydrolysis) is 1. The molecule has 0 radical (unpaired) electrons. The van der Waals surface area contributed by atoms with E-state index in [1.165, 1.54) is 19.3 Å². The predicted molar refractivity (Wildman–Crippen MR) is 140 cm³/mol. The highest BCUT2D eigenvalue weighted by atomic mass is 19.1. The number of carbonyl (C=O) groups excluding carboxylic acids is 1. The van der Waals surface area contributed by atoms with Gasteiger partial charge in [0.05, 0.1) is 23.3 Å². The summed E-state index contributed by atoms with van der Waals surface area (Å²) >= 11 is 0. The van der Waals surface area contributed by atoms with Gasteiger partial charge in [-0.25, -0.2) is 14.2 Å². The molecule has 0 unspecified atom stereocenters. The average Bonchev–Trinajstić information content (AvgIpc) is 3.19. The third kappa shape index (κ3) is 5.57. The minimum absolute atomic E-state index is 0.158. The molecule has 7 nitrogen and oxygen atoms in total. The Labute approximate surface area is 214 Å². The number of ether oxygens (including phenoxy) is 1. The Hall–Kier alpha value is -2.13. The maximum Gasteiger partial charge on any atom is 0.497 e. The first-order valence-electron chi connectivity index (χ1n) is 13.3. The molecule has 1 aliphatic carbocycles. The molecule has 1 saturated carbocycles. The molecule has 0 atom stereocenters. The van der Waals surface area contributed by atoms with E-state index in [-0.39, 0.29) is 18.1 Å². The molecule has 1 N–H and O–H groups in total. The molecule has 1 saturated heterocycles. The van der Waals surface area contributed by atoms with Crippen LogP contribution in [0.2, 0.25) is 0 Å². The molecule has 36 heavy (non-hydrogen) atoms. The summed E-state index contributed by atoms with van der Waals surface area (Å²) in [5.74, 6) is 0.195. The molecular formula is C27H41BFN3O4. The summed E-state index contributed by atoms with van der Waals surface area (Å²) in [4.78, 5) is 17.1. The molecular weight excluding hydrogens is 460 g/mol. The van der Waals surface area contributed by atoms with Gasteiger partial charge >= 0.3 is 13.2 Å². The van der Waals surface area contributed by atoms with Crippen LogP contribution in [0.3, 0.4) is 0 Å². The number of fused-ring (bicyclic) bond motifs is 1. The van der Waals surface area contributed by atoms with Crippen LogP contribution in [0.4, 0.5) is 9.18 Å². The van der Waals surface area contributed by atoms with E-state index in [0.29, 0.717) is 11.3 Å². The number of halogens is 1. The van der Waals surface area contributed by atoms with Crippen LogP contribution >= 0.6 is 0 Å². The van der Waals surface area contributed by atoms with Crippen molar-refractivity contribution in [1.29, 1.82) is 0 Å². The van der Waals surface area contributed by atoms with Gasteiger partial charge in [-0.1, -0.05) is 38.2 Å². The Balaban J connectivity index is 1.71. The molecule has 2 aromatic rings. The zero-order valence-electron chi connectivity index (χ0n) is 22.9. The normalized spacial score (nSPS) is 20.8. The van der Waals surface area contributed by atoms with Crippen LogP contribution in [0.5, 0.6) is 0 Å². The van der Waals surface area contributed by atoms with Crippen LogP contribution in [-0.2, 0) is 20.6 Å². The molecule has 2 heterocycles. The van der Waals surface area contributed by atoms with Crippen molar-refractivity contribution in [3.8, 4) is 0 Å². The molecule has 2 aliphatic rings. The van der Waals surface area contributed by atoms with Gasteiger partial charge < -0.3 is 23.9 Å². The van der Waals surface area contributed by atoms with Crippen molar-refractivity contribution in [2.45, 2.75) is 123 Å². The SMILES string of the molecule is CC(C)(C)OC(=O)NCc1nc2c(F)c(B3OC(C)(C)C(C)(C)O3)ccc2n1C1CCCCCCC1. The molecule has 4 rings (SSSR count). The van der Waals surface area contributed by atoms with Gasteiger partial charge in [0.25, 0.3) is 0 Å². The smallest absolute Gasteiger partial charge is 0.444 e. The highest BCUT2D eigenvalue weighted by Crippen LogP contribution is 2.37. The lowest BCUT2D eigenvalue weighted by molar-refractivity contribution is 0.00578. The number of aromatic nitrogens is 2. The lowest BCUT2D eigenvalue weighted by atomic mass is 9.78. The third-order valence-corrected chi connectivity index (χ3v) is 7.64. The van der Waals surface area contributed by atoms with E-state index >= 15 is 4.39 Å². The van der Waals surface area contributed by atoms with E-state index in [9.17, 15) is 4.79 Å². The third-order valence-electron chi connectivity index (χ3n) is 7.64. The molecule has 0 spiro atoms. The van der Waals surface area contributed by atoms with E-state index in [1.54, 1.807) is 6.07 Å². The molecule has 1 amide bonds. The number of amides is 1. The van der Waals surface area contributed by atoms with Crippen molar-refractivity contribution in [1.82, 2.24) is 14.9 Å². The summed E-state index contributed by atoms with van der Waals surface area (Å²) in [7, 11) is -0.811. The zero-order valence-corrected chi connectivity index (χ0v) is 22.9. The summed E-state index contributed by atoms with van der Waals surface area (Å²) in [6.07, 6.45) is 7.41. The highest BCUT2D eigenvalue weighted by molar-refractivity contribution is 6.62. The first-order valence-corrected chi connectivity index (χ1v) is 13.3. The molecule has 1 aromatic heterocycles. The Bertz CT molecular complexity index is 1080. The minimum Gasteiger partial charge on any atom is -0.444 e. The number of carbonyl (C=O) groups is 1. The molecule has 1 aliphatic heterocycles. The molecule has 9 heteroatoms. The Morgan fingerprint density at radius 1 is 1.11 bits per heavy atom. The second-order valence-corrected chi connectivity index (χ2v) is 12.2. The average molecular weight is 501 g/mol. The predicted octanol–water partition coefficient (Wildman–Crippen LogP) is 5.78. The van der Waals surface area contributed by atoms with Crippen LogP contribution in [0.25, 0.3) is 11.0 Å². The number of imidazole rings is 1. The van der Waals surface area contributed by atoms with Crippen molar-refractivity contribution >= 4 is 29.7 Å². The van der Waals surface area contributed by atoms with Crippen LogP contribution in [0.1, 0.15) is 105 Å². The fourth-order valence-electron chi connectivity index (χ4n) is 5.04. The summed E-state index contributed by atoms with van der Waals surface area (Å²) in [5, 5.41) is 2.82. The number of hydrogen-bond donors (Lipinski definition) is 1. The van der Waals surface area contributed by atoms with Crippen molar-refractivity contribution in [3.63, 3.8) is 0 Å². The molecule has 2 fully saturated rings. The van der Waals surface area contributed by atoms with Gasteiger partial charge in [-0.05, 0) is 67.4 Å². The summed E-state index contributed by atoms with van der Waals surface area (Å²) < 4.78 is 35.8. The number of benzene rings is 1. The maximum absolute atomic E-state index is 16.0. The molecule has 0 bridgehead atoms. The van der Waals surface area contributed by atoms with Crippen LogP contribution < -0.4 is 10.8 Å². The monoisotopic (exact) mass is 501 g/mol. The summed E-state index contributed by atoms with van der Waals surface area (Å²) in [6.45, 7) is 13.4.